The Morgan fingerprint density at radius 2 is 1.68 bits per heavy atom. The summed E-state index contributed by atoms with van der Waals surface area (Å²) in [5.41, 5.74) is 3.65. The maximum Gasteiger partial charge on any atom is 0.111 e. The van der Waals surface area contributed by atoms with Crippen molar-refractivity contribution >= 4 is 39.7 Å². The minimum atomic E-state index is 0.771. The topological polar surface area (TPSA) is 8.17 Å². The summed E-state index contributed by atoms with van der Waals surface area (Å²) in [7, 11) is 0. The molecule has 25 heavy (non-hydrogen) atoms. The molecule has 1 aliphatic heterocycles. The third-order valence-electron chi connectivity index (χ3n) is 4.93. The van der Waals surface area contributed by atoms with Gasteiger partial charge >= 0.3 is 0 Å². The van der Waals surface area contributed by atoms with Crippen molar-refractivity contribution in [2.45, 2.75) is 25.8 Å². The maximum atomic E-state index is 6.01. The summed E-state index contributed by atoms with van der Waals surface area (Å²) >= 11 is 11.9. The molecule has 1 saturated heterocycles. The SMILES string of the molecule is S=C(c1cn(Cc2ccc(Cl)cc2)c2ccccc12)N1CCCCC1. The fraction of sp³-hybridized carbons (Fsp3) is 0.286. The van der Waals surface area contributed by atoms with Crippen LogP contribution < -0.4 is 0 Å². The number of likely N-dealkylation sites (tertiary alicyclic amines) is 1. The lowest BCUT2D eigenvalue weighted by Crippen LogP contribution is -2.34. The monoisotopic (exact) mass is 368 g/mol. The maximum absolute atomic E-state index is 6.01. The fourth-order valence-corrected chi connectivity index (χ4v) is 4.07. The molecule has 1 fully saturated rings. The smallest absolute Gasteiger partial charge is 0.111 e. The highest BCUT2D eigenvalue weighted by Crippen LogP contribution is 2.25. The summed E-state index contributed by atoms with van der Waals surface area (Å²) in [6.07, 6.45) is 6.01. The third kappa shape index (κ3) is 3.44. The van der Waals surface area contributed by atoms with E-state index in [1.54, 1.807) is 0 Å². The highest BCUT2D eigenvalue weighted by atomic mass is 35.5. The Labute approximate surface area is 159 Å². The number of hydrogen-bond donors (Lipinski definition) is 0. The number of aromatic nitrogens is 1. The number of piperidine rings is 1. The molecular formula is C21H21ClN2S. The fourth-order valence-electron chi connectivity index (χ4n) is 3.60. The van der Waals surface area contributed by atoms with Gasteiger partial charge < -0.3 is 9.47 Å². The molecule has 128 valence electrons. The van der Waals surface area contributed by atoms with Gasteiger partial charge in [0.25, 0.3) is 0 Å². The van der Waals surface area contributed by atoms with E-state index in [0.717, 1.165) is 29.6 Å². The second-order valence-corrected chi connectivity index (χ2v) is 7.49. The first-order valence-electron chi connectivity index (χ1n) is 8.84. The van der Waals surface area contributed by atoms with Crippen LogP contribution in [0.4, 0.5) is 0 Å². The molecule has 2 heterocycles. The number of halogens is 1. The molecule has 4 rings (SSSR count). The first kappa shape index (κ1) is 16.6. The van der Waals surface area contributed by atoms with Crippen molar-refractivity contribution in [3.05, 3.63) is 70.9 Å². The molecule has 0 atom stereocenters. The van der Waals surface area contributed by atoms with Gasteiger partial charge in [0.15, 0.2) is 0 Å². The van der Waals surface area contributed by atoms with Gasteiger partial charge in [0, 0.05) is 47.3 Å². The van der Waals surface area contributed by atoms with Gasteiger partial charge in [0.05, 0.1) is 0 Å². The molecule has 0 radical (unpaired) electrons. The standard InChI is InChI=1S/C21H21ClN2S/c22-17-10-8-16(9-11-17)14-24-15-19(18-6-2-3-7-20(18)24)21(25)23-12-4-1-5-13-23/h2-3,6-11,15H,1,4-5,12-14H2. The summed E-state index contributed by atoms with van der Waals surface area (Å²) in [5.74, 6) is 0. The van der Waals surface area contributed by atoms with Crippen LogP contribution in [-0.2, 0) is 6.54 Å². The molecule has 3 aromatic rings. The van der Waals surface area contributed by atoms with Crippen LogP contribution in [0.3, 0.4) is 0 Å². The zero-order chi connectivity index (χ0) is 17.2. The number of fused-ring (bicyclic) bond motifs is 1. The Morgan fingerprint density at radius 1 is 0.960 bits per heavy atom. The van der Waals surface area contributed by atoms with Crippen molar-refractivity contribution in [3.63, 3.8) is 0 Å². The van der Waals surface area contributed by atoms with E-state index in [4.69, 9.17) is 23.8 Å². The van der Waals surface area contributed by atoms with Gasteiger partial charge in [0.2, 0.25) is 0 Å². The summed E-state index contributed by atoms with van der Waals surface area (Å²) in [5, 5.41) is 2.01. The normalized spacial score (nSPS) is 14.8. The van der Waals surface area contributed by atoms with Crippen LogP contribution in [0.2, 0.25) is 5.02 Å². The zero-order valence-corrected chi connectivity index (χ0v) is 15.7. The molecule has 2 aromatic carbocycles. The first-order chi connectivity index (χ1) is 12.2. The molecule has 0 saturated carbocycles. The van der Waals surface area contributed by atoms with E-state index in [9.17, 15) is 0 Å². The van der Waals surface area contributed by atoms with Crippen molar-refractivity contribution in [2.75, 3.05) is 13.1 Å². The molecule has 1 aromatic heterocycles. The summed E-state index contributed by atoms with van der Waals surface area (Å²) in [4.78, 5) is 3.36. The lowest BCUT2D eigenvalue weighted by Gasteiger charge is -2.28. The molecule has 0 amide bonds. The second kappa shape index (κ2) is 7.19. The van der Waals surface area contributed by atoms with E-state index in [0.29, 0.717) is 0 Å². The third-order valence-corrected chi connectivity index (χ3v) is 5.66. The highest BCUT2D eigenvalue weighted by Gasteiger charge is 2.19. The molecule has 0 aliphatic carbocycles. The molecule has 0 bridgehead atoms. The summed E-state index contributed by atoms with van der Waals surface area (Å²) in [6.45, 7) is 2.98. The van der Waals surface area contributed by atoms with Crippen molar-refractivity contribution < 1.29 is 0 Å². The van der Waals surface area contributed by atoms with E-state index in [-0.39, 0.29) is 0 Å². The van der Waals surface area contributed by atoms with Crippen LogP contribution in [0.1, 0.15) is 30.4 Å². The largest absolute Gasteiger partial charge is 0.362 e. The molecule has 0 N–H and O–H groups in total. The first-order valence-corrected chi connectivity index (χ1v) is 9.62. The van der Waals surface area contributed by atoms with Crippen molar-refractivity contribution in [1.82, 2.24) is 9.47 Å². The minimum absolute atomic E-state index is 0.771. The second-order valence-electron chi connectivity index (χ2n) is 6.67. The molecule has 0 spiro atoms. The average molecular weight is 369 g/mol. The van der Waals surface area contributed by atoms with Crippen LogP contribution in [-0.4, -0.2) is 27.5 Å². The average Bonchev–Trinajstić information content (AvgIpc) is 3.02. The van der Waals surface area contributed by atoms with Gasteiger partial charge in [-0.2, -0.15) is 0 Å². The lowest BCUT2D eigenvalue weighted by molar-refractivity contribution is 0.348. The predicted molar refractivity (Wildman–Crippen MR) is 110 cm³/mol. The van der Waals surface area contributed by atoms with E-state index < -0.39 is 0 Å². The summed E-state index contributed by atoms with van der Waals surface area (Å²) in [6, 6.07) is 16.6. The van der Waals surface area contributed by atoms with E-state index in [2.05, 4.69) is 52.1 Å². The van der Waals surface area contributed by atoms with Crippen molar-refractivity contribution in [1.29, 1.82) is 0 Å². The summed E-state index contributed by atoms with van der Waals surface area (Å²) < 4.78 is 2.30. The van der Waals surface area contributed by atoms with Crippen molar-refractivity contribution in [2.24, 2.45) is 0 Å². The van der Waals surface area contributed by atoms with Gasteiger partial charge in [-0.3, -0.25) is 0 Å². The Morgan fingerprint density at radius 3 is 2.44 bits per heavy atom. The highest BCUT2D eigenvalue weighted by molar-refractivity contribution is 7.80. The Kier molecular flexibility index (Phi) is 4.78. The predicted octanol–water partition coefficient (Wildman–Crippen LogP) is 5.50. The molecule has 2 nitrogen and oxygen atoms in total. The quantitative estimate of drug-likeness (QED) is 0.563. The lowest BCUT2D eigenvalue weighted by atomic mass is 10.1. The molecule has 4 heteroatoms. The van der Waals surface area contributed by atoms with Crippen LogP contribution >= 0.6 is 23.8 Å². The van der Waals surface area contributed by atoms with Crippen LogP contribution in [0.25, 0.3) is 10.9 Å². The minimum Gasteiger partial charge on any atom is -0.362 e. The van der Waals surface area contributed by atoms with Crippen LogP contribution in [0.15, 0.2) is 54.7 Å². The van der Waals surface area contributed by atoms with Crippen LogP contribution in [0.5, 0.6) is 0 Å². The number of nitrogens with zero attached hydrogens (tertiary/aromatic N) is 2. The van der Waals surface area contributed by atoms with Crippen LogP contribution in [0, 0.1) is 0 Å². The number of rotatable bonds is 3. The Bertz CT molecular complexity index is 892. The van der Waals surface area contributed by atoms with Gasteiger partial charge in [-0.1, -0.05) is 54.2 Å². The Hall–Kier alpha value is -1.84. The molecule has 1 aliphatic rings. The van der Waals surface area contributed by atoms with E-state index >= 15 is 0 Å². The van der Waals surface area contributed by atoms with Gasteiger partial charge in [-0.15, -0.1) is 0 Å². The number of thiocarbonyl (C=S) groups is 1. The van der Waals surface area contributed by atoms with E-state index in [1.165, 1.54) is 41.3 Å². The van der Waals surface area contributed by atoms with E-state index in [1.807, 2.05) is 12.1 Å². The van der Waals surface area contributed by atoms with Gasteiger partial charge in [0.1, 0.15) is 4.99 Å². The molecular weight excluding hydrogens is 348 g/mol. The number of hydrogen-bond acceptors (Lipinski definition) is 1. The van der Waals surface area contributed by atoms with Gasteiger partial charge in [-0.25, -0.2) is 0 Å². The Balaban J connectivity index is 1.70. The van der Waals surface area contributed by atoms with Gasteiger partial charge in [-0.05, 0) is 43.0 Å². The van der Waals surface area contributed by atoms with Crippen molar-refractivity contribution in [3.8, 4) is 0 Å². The number of benzene rings is 2. The molecule has 0 unspecified atom stereocenters. The number of para-hydroxylation sites is 1. The zero-order valence-electron chi connectivity index (χ0n) is 14.1.